The molecule has 0 spiro atoms. The van der Waals surface area contributed by atoms with Crippen molar-refractivity contribution in [1.29, 1.82) is 0 Å². The Labute approximate surface area is 188 Å². The Kier molecular flexibility index (Phi) is 9.31. The van der Waals surface area contributed by atoms with Crippen LogP contribution in [0.4, 0.5) is 11.5 Å². The summed E-state index contributed by atoms with van der Waals surface area (Å²) in [5.41, 5.74) is 5.81. The summed E-state index contributed by atoms with van der Waals surface area (Å²) in [6.45, 7) is 9.22. The highest BCUT2D eigenvalue weighted by atomic mass is 16.5. The van der Waals surface area contributed by atoms with E-state index in [9.17, 15) is 14.4 Å². The van der Waals surface area contributed by atoms with Crippen LogP contribution in [0.3, 0.4) is 0 Å². The lowest BCUT2D eigenvalue weighted by molar-refractivity contribution is -0.114. The Bertz CT molecular complexity index is 1040. The summed E-state index contributed by atoms with van der Waals surface area (Å²) in [5.74, 6) is 0.470. The molecular weight excluding hydrogens is 408 g/mol. The second kappa shape index (κ2) is 11.9. The zero-order valence-corrected chi connectivity index (χ0v) is 19.4. The summed E-state index contributed by atoms with van der Waals surface area (Å²) in [6, 6.07) is 7.40. The van der Waals surface area contributed by atoms with Crippen LogP contribution in [-0.4, -0.2) is 28.6 Å². The molecule has 0 aliphatic carbocycles. The molecule has 1 aromatic heterocycles. The topological polar surface area (TPSA) is 110 Å². The molecule has 0 saturated carbocycles. The molecule has 32 heavy (non-hydrogen) atoms. The highest BCUT2D eigenvalue weighted by Gasteiger charge is 2.23. The summed E-state index contributed by atoms with van der Waals surface area (Å²) < 4.78 is 6.89. The Morgan fingerprint density at radius 3 is 2.47 bits per heavy atom. The van der Waals surface area contributed by atoms with Crippen LogP contribution in [-0.2, 0) is 11.3 Å². The second-order valence-corrected chi connectivity index (χ2v) is 8.09. The zero-order valence-electron chi connectivity index (χ0n) is 19.4. The van der Waals surface area contributed by atoms with E-state index in [2.05, 4.69) is 4.98 Å². The SMILES string of the molecule is CCCCn1c(N)c(N(CC(C)C)C(=O)/C=C/c2ccc(OCCC)cc2)c(=O)[nH]c1=O. The highest BCUT2D eigenvalue weighted by molar-refractivity contribution is 6.05. The largest absolute Gasteiger partial charge is 0.494 e. The van der Waals surface area contributed by atoms with Crippen LogP contribution in [0.15, 0.2) is 39.9 Å². The number of aromatic nitrogens is 2. The molecule has 8 nitrogen and oxygen atoms in total. The van der Waals surface area contributed by atoms with Gasteiger partial charge in [-0.3, -0.25) is 19.1 Å². The van der Waals surface area contributed by atoms with Crippen molar-refractivity contribution in [3.05, 3.63) is 56.7 Å². The number of rotatable bonds is 11. The van der Waals surface area contributed by atoms with Crippen molar-refractivity contribution >= 4 is 23.5 Å². The third-order valence-corrected chi connectivity index (χ3v) is 4.80. The first-order valence-corrected chi connectivity index (χ1v) is 11.1. The minimum absolute atomic E-state index is 0.00651. The molecule has 1 aromatic carbocycles. The first-order chi connectivity index (χ1) is 15.3. The molecule has 0 saturated heterocycles. The maximum Gasteiger partial charge on any atom is 0.330 e. The van der Waals surface area contributed by atoms with E-state index in [4.69, 9.17) is 10.5 Å². The fraction of sp³-hybridized carbons (Fsp3) is 0.458. The van der Waals surface area contributed by atoms with Gasteiger partial charge in [0.2, 0.25) is 0 Å². The standard InChI is InChI=1S/C24H34N4O4/c1-5-7-14-27-22(25)21(23(30)26-24(27)31)28(16-17(3)4)20(29)13-10-18-8-11-19(12-9-18)32-15-6-2/h8-13,17H,5-7,14-16,25H2,1-4H3,(H,26,30,31)/b13-10+. The minimum Gasteiger partial charge on any atom is -0.494 e. The molecule has 0 aliphatic heterocycles. The van der Waals surface area contributed by atoms with Crippen molar-refractivity contribution in [3.63, 3.8) is 0 Å². The summed E-state index contributed by atoms with van der Waals surface area (Å²) in [4.78, 5) is 41.6. The molecule has 8 heteroatoms. The Balaban J connectivity index is 2.35. The molecule has 0 radical (unpaired) electrons. The smallest absolute Gasteiger partial charge is 0.330 e. The van der Waals surface area contributed by atoms with Crippen LogP contribution in [0.5, 0.6) is 5.75 Å². The number of unbranched alkanes of at least 4 members (excludes halogenated alkanes) is 1. The average Bonchev–Trinajstić information content (AvgIpc) is 2.75. The number of carbonyl (C=O) groups excluding carboxylic acids is 1. The number of hydrogen-bond acceptors (Lipinski definition) is 5. The molecule has 174 valence electrons. The van der Waals surface area contributed by atoms with Gasteiger partial charge in [0.05, 0.1) is 6.61 Å². The van der Waals surface area contributed by atoms with Crippen molar-refractivity contribution in [1.82, 2.24) is 9.55 Å². The number of hydrogen-bond donors (Lipinski definition) is 2. The van der Waals surface area contributed by atoms with Gasteiger partial charge in [0.25, 0.3) is 11.5 Å². The van der Waals surface area contributed by atoms with Crippen LogP contribution >= 0.6 is 0 Å². The Morgan fingerprint density at radius 2 is 1.88 bits per heavy atom. The Hall–Kier alpha value is -3.29. The number of carbonyl (C=O) groups is 1. The van der Waals surface area contributed by atoms with Gasteiger partial charge in [0.15, 0.2) is 5.69 Å². The van der Waals surface area contributed by atoms with Gasteiger partial charge in [-0.1, -0.05) is 46.2 Å². The molecular formula is C24H34N4O4. The highest BCUT2D eigenvalue weighted by Crippen LogP contribution is 2.20. The fourth-order valence-corrected chi connectivity index (χ4v) is 3.19. The van der Waals surface area contributed by atoms with Crippen LogP contribution in [0.1, 0.15) is 52.5 Å². The van der Waals surface area contributed by atoms with Crippen LogP contribution < -0.4 is 26.6 Å². The van der Waals surface area contributed by atoms with Gasteiger partial charge >= 0.3 is 5.69 Å². The summed E-state index contributed by atoms with van der Waals surface area (Å²) in [5, 5.41) is 0. The number of nitrogens with two attached hydrogens (primary N) is 1. The average molecular weight is 443 g/mol. The van der Waals surface area contributed by atoms with Crippen molar-refractivity contribution in [2.45, 2.75) is 53.5 Å². The maximum absolute atomic E-state index is 13.1. The number of nitrogen functional groups attached to an aromatic ring is 1. The van der Waals surface area contributed by atoms with Gasteiger partial charge in [0, 0.05) is 19.2 Å². The van der Waals surface area contributed by atoms with E-state index in [1.165, 1.54) is 15.5 Å². The molecule has 2 aromatic rings. The van der Waals surface area contributed by atoms with Gasteiger partial charge < -0.3 is 15.4 Å². The number of amides is 1. The van der Waals surface area contributed by atoms with Crippen molar-refractivity contribution < 1.29 is 9.53 Å². The normalized spacial score (nSPS) is 11.3. The lowest BCUT2D eigenvalue weighted by atomic mass is 10.1. The molecule has 1 amide bonds. The van der Waals surface area contributed by atoms with Gasteiger partial charge in [-0.15, -0.1) is 0 Å². The van der Waals surface area contributed by atoms with Gasteiger partial charge in [-0.25, -0.2) is 4.79 Å². The van der Waals surface area contributed by atoms with E-state index in [1.54, 1.807) is 6.08 Å². The number of ether oxygens (including phenoxy) is 1. The summed E-state index contributed by atoms with van der Waals surface area (Å²) in [6.07, 6.45) is 5.60. The minimum atomic E-state index is -0.667. The van der Waals surface area contributed by atoms with Crippen molar-refractivity contribution in [3.8, 4) is 5.75 Å². The molecule has 2 rings (SSSR count). The van der Waals surface area contributed by atoms with E-state index >= 15 is 0 Å². The van der Waals surface area contributed by atoms with E-state index in [0.717, 1.165) is 30.6 Å². The third-order valence-electron chi connectivity index (χ3n) is 4.80. The van der Waals surface area contributed by atoms with Gasteiger partial charge in [0.1, 0.15) is 11.6 Å². The number of nitrogens with zero attached hydrogens (tertiary/aromatic N) is 2. The van der Waals surface area contributed by atoms with Gasteiger partial charge in [-0.05, 0) is 42.5 Å². The summed E-state index contributed by atoms with van der Waals surface area (Å²) >= 11 is 0. The predicted octanol–water partition coefficient (Wildman–Crippen LogP) is 3.41. The lowest BCUT2D eigenvalue weighted by Crippen LogP contribution is -2.42. The van der Waals surface area contributed by atoms with E-state index < -0.39 is 11.2 Å². The van der Waals surface area contributed by atoms with Crippen LogP contribution in [0, 0.1) is 5.92 Å². The third kappa shape index (κ3) is 6.60. The van der Waals surface area contributed by atoms with E-state index in [0.29, 0.717) is 13.2 Å². The zero-order chi connectivity index (χ0) is 23.7. The molecule has 1 heterocycles. The predicted molar refractivity (Wildman–Crippen MR) is 129 cm³/mol. The number of aromatic amines is 1. The van der Waals surface area contributed by atoms with Crippen molar-refractivity contribution in [2.75, 3.05) is 23.8 Å². The molecule has 0 fully saturated rings. The van der Waals surface area contributed by atoms with E-state index in [-0.39, 0.29) is 29.9 Å². The monoisotopic (exact) mass is 442 g/mol. The number of benzene rings is 1. The quantitative estimate of drug-likeness (QED) is 0.518. The van der Waals surface area contributed by atoms with Gasteiger partial charge in [-0.2, -0.15) is 0 Å². The number of anilines is 2. The molecule has 0 atom stereocenters. The first-order valence-electron chi connectivity index (χ1n) is 11.1. The lowest BCUT2D eigenvalue weighted by Gasteiger charge is -2.25. The summed E-state index contributed by atoms with van der Waals surface area (Å²) in [7, 11) is 0. The second-order valence-electron chi connectivity index (χ2n) is 8.09. The molecule has 0 unspecified atom stereocenters. The van der Waals surface area contributed by atoms with Crippen LogP contribution in [0.25, 0.3) is 6.08 Å². The molecule has 0 bridgehead atoms. The number of nitrogens with one attached hydrogen (secondary N) is 1. The first kappa shape index (κ1) is 25.0. The maximum atomic E-state index is 13.1. The van der Waals surface area contributed by atoms with E-state index in [1.807, 2.05) is 52.0 Å². The number of H-pyrrole nitrogens is 1. The Morgan fingerprint density at radius 1 is 1.19 bits per heavy atom. The van der Waals surface area contributed by atoms with Crippen molar-refractivity contribution in [2.24, 2.45) is 5.92 Å². The fourth-order valence-electron chi connectivity index (χ4n) is 3.19. The molecule has 3 N–H and O–H groups in total. The molecule has 0 aliphatic rings. The van der Waals surface area contributed by atoms with Crippen LogP contribution in [0.2, 0.25) is 0 Å².